The molecule has 2 aromatic heterocycles. The van der Waals surface area contributed by atoms with Crippen LogP contribution in [-0.2, 0) is 4.74 Å². The lowest BCUT2D eigenvalue weighted by Gasteiger charge is -2.04. The zero-order valence-electron chi connectivity index (χ0n) is 13.1. The maximum absolute atomic E-state index is 12.2. The molecule has 0 aliphatic heterocycles. The van der Waals surface area contributed by atoms with Crippen molar-refractivity contribution in [2.75, 3.05) is 20.3 Å². The minimum atomic E-state index is -0.109. The highest BCUT2D eigenvalue weighted by molar-refractivity contribution is 7.25. The Labute approximate surface area is 142 Å². The molecule has 0 aliphatic carbocycles. The van der Waals surface area contributed by atoms with Gasteiger partial charge in [0, 0.05) is 29.3 Å². The fourth-order valence-electron chi connectivity index (χ4n) is 2.65. The number of nitrogens with zero attached hydrogens (tertiary/aromatic N) is 2. The van der Waals surface area contributed by atoms with Gasteiger partial charge in [0.2, 0.25) is 0 Å². The summed E-state index contributed by atoms with van der Waals surface area (Å²) >= 11 is 1.59. The molecule has 24 heavy (non-hydrogen) atoms. The van der Waals surface area contributed by atoms with Crippen molar-refractivity contribution < 1.29 is 9.53 Å². The number of benzene rings is 2. The standard InChI is InChI=1S/C18H15N3O2S/c1-23-9-8-19-17(22)11-6-7-15-12(10-11)16-18(24-15)21-14-5-3-2-4-13(14)20-16/h2-7,10H,8-9H2,1H3,(H,19,22). The van der Waals surface area contributed by atoms with E-state index in [1.54, 1.807) is 18.4 Å². The zero-order chi connectivity index (χ0) is 16.5. The predicted octanol–water partition coefficient (Wildman–Crippen LogP) is 3.37. The molecule has 0 radical (unpaired) electrons. The van der Waals surface area contributed by atoms with Crippen LogP contribution in [0, 0.1) is 0 Å². The number of carbonyl (C=O) groups excluding carboxylic acids is 1. The zero-order valence-corrected chi connectivity index (χ0v) is 13.9. The summed E-state index contributed by atoms with van der Waals surface area (Å²) in [5, 5.41) is 3.80. The summed E-state index contributed by atoms with van der Waals surface area (Å²) in [6.45, 7) is 0.981. The molecule has 1 amide bonds. The van der Waals surface area contributed by atoms with E-state index in [0.29, 0.717) is 18.7 Å². The fourth-order valence-corrected chi connectivity index (χ4v) is 3.65. The number of amides is 1. The molecule has 0 spiro atoms. The van der Waals surface area contributed by atoms with Crippen molar-refractivity contribution in [2.24, 2.45) is 0 Å². The molecule has 0 unspecified atom stereocenters. The van der Waals surface area contributed by atoms with Crippen LogP contribution < -0.4 is 5.32 Å². The molecule has 6 heteroatoms. The Morgan fingerprint density at radius 1 is 1.17 bits per heavy atom. The number of hydrogen-bond acceptors (Lipinski definition) is 5. The molecule has 5 nitrogen and oxygen atoms in total. The number of nitrogens with one attached hydrogen (secondary N) is 1. The fraction of sp³-hybridized carbons (Fsp3) is 0.167. The van der Waals surface area contributed by atoms with Gasteiger partial charge in [0.1, 0.15) is 10.3 Å². The van der Waals surface area contributed by atoms with Crippen LogP contribution in [-0.4, -0.2) is 36.1 Å². The van der Waals surface area contributed by atoms with Gasteiger partial charge in [-0.15, -0.1) is 11.3 Å². The number of carbonyl (C=O) groups is 1. The number of thiophene rings is 1. The van der Waals surface area contributed by atoms with Crippen LogP contribution in [0.25, 0.3) is 31.5 Å². The Bertz CT molecular complexity index is 1060. The first kappa shape index (κ1) is 15.0. The van der Waals surface area contributed by atoms with E-state index in [-0.39, 0.29) is 5.91 Å². The highest BCUT2D eigenvalue weighted by Gasteiger charge is 2.12. The summed E-state index contributed by atoms with van der Waals surface area (Å²) in [6.07, 6.45) is 0. The van der Waals surface area contributed by atoms with E-state index in [1.165, 1.54) is 0 Å². The van der Waals surface area contributed by atoms with Gasteiger partial charge >= 0.3 is 0 Å². The Morgan fingerprint density at radius 3 is 2.75 bits per heavy atom. The first-order chi connectivity index (χ1) is 11.8. The highest BCUT2D eigenvalue weighted by atomic mass is 32.1. The minimum absolute atomic E-state index is 0.109. The second-order valence-electron chi connectivity index (χ2n) is 5.43. The van der Waals surface area contributed by atoms with Crippen molar-refractivity contribution >= 4 is 48.7 Å². The van der Waals surface area contributed by atoms with E-state index >= 15 is 0 Å². The van der Waals surface area contributed by atoms with Gasteiger partial charge in [-0.05, 0) is 30.3 Å². The lowest BCUT2D eigenvalue weighted by atomic mass is 10.1. The first-order valence-corrected chi connectivity index (χ1v) is 8.44. The van der Waals surface area contributed by atoms with Gasteiger partial charge in [-0.2, -0.15) is 0 Å². The van der Waals surface area contributed by atoms with Crippen LogP contribution in [0.15, 0.2) is 42.5 Å². The second-order valence-corrected chi connectivity index (χ2v) is 6.46. The number of aromatic nitrogens is 2. The molecule has 0 saturated carbocycles. The van der Waals surface area contributed by atoms with Gasteiger partial charge in [0.15, 0.2) is 0 Å². The SMILES string of the molecule is COCCNC(=O)c1ccc2sc3nc4ccccc4nc3c2c1. The van der Waals surface area contributed by atoms with Crippen molar-refractivity contribution in [3.8, 4) is 0 Å². The Hall–Kier alpha value is -2.57. The molecule has 0 aliphatic rings. The van der Waals surface area contributed by atoms with Crippen molar-refractivity contribution in [3.05, 3.63) is 48.0 Å². The molecule has 120 valence electrons. The summed E-state index contributed by atoms with van der Waals surface area (Å²) in [6, 6.07) is 13.5. The normalized spacial score (nSPS) is 11.4. The average molecular weight is 337 g/mol. The van der Waals surface area contributed by atoms with Crippen LogP contribution in [0.2, 0.25) is 0 Å². The van der Waals surface area contributed by atoms with Crippen LogP contribution in [0.4, 0.5) is 0 Å². The summed E-state index contributed by atoms with van der Waals surface area (Å²) in [5.74, 6) is -0.109. The Kier molecular flexibility index (Phi) is 3.84. The number of methoxy groups -OCH3 is 1. The van der Waals surface area contributed by atoms with E-state index in [2.05, 4.69) is 10.3 Å². The second kappa shape index (κ2) is 6.14. The van der Waals surface area contributed by atoms with Crippen molar-refractivity contribution in [2.45, 2.75) is 0 Å². The molecule has 2 aromatic carbocycles. The summed E-state index contributed by atoms with van der Waals surface area (Å²) in [4.78, 5) is 22.6. The molecule has 0 saturated heterocycles. The lowest BCUT2D eigenvalue weighted by molar-refractivity contribution is 0.0937. The third-order valence-corrected chi connectivity index (χ3v) is 4.89. The summed E-state index contributed by atoms with van der Waals surface area (Å²) in [5.41, 5.74) is 3.21. The number of ether oxygens (including phenoxy) is 1. The van der Waals surface area contributed by atoms with Gasteiger partial charge < -0.3 is 10.1 Å². The number of rotatable bonds is 4. The molecular weight excluding hydrogens is 322 g/mol. The van der Waals surface area contributed by atoms with E-state index in [4.69, 9.17) is 9.72 Å². The van der Waals surface area contributed by atoms with E-state index < -0.39 is 0 Å². The molecule has 2 heterocycles. The molecule has 4 aromatic rings. The molecule has 4 rings (SSSR count). The molecule has 0 atom stereocenters. The third-order valence-electron chi connectivity index (χ3n) is 3.83. The first-order valence-electron chi connectivity index (χ1n) is 7.62. The smallest absolute Gasteiger partial charge is 0.251 e. The third kappa shape index (κ3) is 2.60. The van der Waals surface area contributed by atoms with Crippen LogP contribution in [0.1, 0.15) is 10.4 Å². The lowest BCUT2D eigenvalue weighted by Crippen LogP contribution is -2.26. The summed E-state index contributed by atoms with van der Waals surface area (Å²) < 4.78 is 6.03. The number of para-hydroxylation sites is 2. The monoisotopic (exact) mass is 337 g/mol. The van der Waals surface area contributed by atoms with Crippen LogP contribution >= 0.6 is 11.3 Å². The van der Waals surface area contributed by atoms with Crippen LogP contribution in [0.5, 0.6) is 0 Å². The molecule has 0 bridgehead atoms. The topological polar surface area (TPSA) is 64.1 Å². The Morgan fingerprint density at radius 2 is 1.96 bits per heavy atom. The van der Waals surface area contributed by atoms with Gasteiger partial charge in [-0.1, -0.05) is 12.1 Å². The van der Waals surface area contributed by atoms with Crippen LogP contribution in [0.3, 0.4) is 0 Å². The van der Waals surface area contributed by atoms with Gasteiger partial charge in [-0.3, -0.25) is 4.79 Å². The Balaban J connectivity index is 1.81. The molecule has 0 fully saturated rings. The maximum atomic E-state index is 12.2. The van der Waals surface area contributed by atoms with Gasteiger partial charge in [0.05, 0.1) is 17.6 Å². The van der Waals surface area contributed by atoms with E-state index in [0.717, 1.165) is 31.5 Å². The minimum Gasteiger partial charge on any atom is -0.383 e. The van der Waals surface area contributed by atoms with Crippen molar-refractivity contribution in [3.63, 3.8) is 0 Å². The highest BCUT2D eigenvalue weighted by Crippen LogP contribution is 2.33. The van der Waals surface area contributed by atoms with Crippen molar-refractivity contribution in [1.82, 2.24) is 15.3 Å². The summed E-state index contributed by atoms with van der Waals surface area (Å²) in [7, 11) is 1.61. The van der Waals surface area contributed by atoms with Gasteiger partial charge in [-0.25, -0.2) is 9.97 Å². The number of fused-ring (bicyclic) bond motifs is 4. The predicted molar refractivity (Wildman–Crippen MR) is 96.6 cm³/mol. The quantitative estimate of drug-likeness (QED) is 0.580. The average Bonchev–Trinajstić information content (AvgIpc) is 2.96. The van der Waals surface area contributed by atoms with E-state index in [1.807, 2.05) is 42.5 Å². The molecule has 1 N–H and O–H groups in total. The van der Waals surface area contributed by atoms with Crippen molar-refractivity contribution in [1.29, 1.82) is 0 Å². The maximum Gasteiger partial charge on any atom is 0.251 e. The molecular formula is C18H15N3O2S. The van der Waals surface area contributed by atoms with Gasteiger partial charge in [0.25, 0.3) is 5.91 Å². The van der Waals surface area contributed by atoms with E-state index in [9.17, 15) is 4.79 Å². The largest absolute Gasteiger partial charge is 0.383 e. The number of hydrogen-bond donors (Lipinski definition) is 1.